The van der Waals surface area contributed by atoms with Crippen LogP contribution < -0.4 is 15.8 Å². The highest BCUT2D eigenvalue weighted by atomic mass is 35.5. The second-order valence-corrected chi connectivity index (χ2v) is 6.39. The normalized spacial score (nSPS) is 13.0. The monoisotopic (exact) mass is 319 g/mol. The van der Waals surface area contributed by atoms with Crippen LogP contribution in [0, 0.1) is 0 Å². The molecule has 6 nitrogen and oxygen atoms in total. The molecule has 1 rings (SSSR count). The first-order valence-corrected chi connectivity index (χ1v) is 8.02. The average Bonchev–Trinajstić information content (AvgIpc) is 2.37. The molecule has 8 heteroatoms. The lowest BCUT2D eigenvalue weighted by molar-refractivity contribution is -0.115. The molecular formula is C12H18ClN3O3S. The number of primary sulfonamides is 1. The number of nitrogens with two attached hydrogens (primary N) is 1. The van der Waals surface area contributed by atoms with E-state index in [-0.39, 0.29) is 34.1 Å². The van der Waals surface area contributed by atoms with Crippen LogP contribution in [0.3, 0.4) is 0 Å². The van der Waals surface area contributed by atoms with Crippen molar-refractivity contribution in [2.24, 2.45) is 5.14 Å². The number of halogens is 1. The number of nitrogens with one attached hydrogen (secondary N) is 2. The van der Waals surface area contributed by atoms with Gasteiger partial charge in [-0.05, 0) is 31.5 Å². The first-order chi connectivity index (χ1) is 9.24. The lowest BCUT2D eigenvalue weighted by atomic mass is 10.2. The van der Waals surface area contributed by atoms with Gasteiger partial charge in [0.1, 0.15) is 0 Å². The zero-order valence-corrected chi connectivity index (χ0v) is 12.9. The summed E-state index contributed by atoms with van der Waals surface area (Å²) in [4.78, 5) is 11.6. The van der Waals surface area contributed by atoms with E-state index in [1.807, 2.05) is 13.8 Å². The predicted molar refractivity (Wildman–Crippen MR) is 79.2 cm³/mol. The highest BCUT2D eigenvalue weighted by Crippen LogP contribution is 2.24. The molecule has 0 aliphatic heterocycles. The molecule has 1 aromatic carbocycles. The number of amides is 1. The van der Waals surface area contributed by atoms with Crippen molar-refractivity contribution >= 4 is 33.2 Å². The topological polar surface area (TPSA) is 101 Å². The predicted octanol–water partition coefficient (Wildman–Crippen LogP) is 1.31. The Morgan fingerprint density at radius 2 is 2.10 bits per heavy atom. The van der Waals surface area contributed by atoms with Crippen LogP contribution in [0.15, 0.2) is 23.1 Å². The zero-order valence-electron chi connectivity index (χ0n) is 11.3. The van der Waals surface area contributed by atoms with Crippen molar-refractivity contribution in [2.75, 3.05) is 11.9 Å². The van der Waals surface area contributed by atoms with Gasteiger partial charge in [-0.2, -0.15) is 0 Å². The molecule has 1 amide bonds. The molecule has 0 spiro atoms. The van der Waals surface area contributed by atoms with E-state index < -0.39 is 10.0 Å². The summed E-state index contributed by atoms with van der Waals surface area (Å²) in [6.07, 6.45) is 0.898. The molecule has 1 aromatic rings. The maximum atomic E-state index is 11.7. The first-order valence-electron chi connectivity index (χ1n) is 6.09. The molecule has 0 bridgehead atoms. The van der Waals surface area contributed by atoms with Crippen LogP contribution in [0.5, 0.6) is 0 Å². The minimum absolute atomic E-state index is 0.105. The third-order valence-corrected chi connectivity index (χ3v) is 4.00. The minimum atomic E-state index is -3.83. The van der Waals surface area contributed by atoms with E-state index >= 15 is 0 Å². The molecule has 0 aromatic heterocycles. The highest BCUT2D eigenvalue weighted by molar-refractivity contribution is 7.89. The van der Waals surface area contributed by atoms with Crippen LogP contribution in [-0.4, -0.2) is 26.9 Å². The van der Waals surface area contributed by atoms with Gasteiger partial charge >= 0.3 is 0 Å². The summed E-state index contributed by atoms with van der Waals surface area (Å²) >= 11 is 5.91. The van der Waals surface area contributed by atoms with E-state index in [4.69, 9.17) is 16.7 Å². The Morgan fingerprint density at radius 3 is 2.65 bits per heavy atom. The van der Waals surface area contributed by atoms with E-state index in [0.717, 1.165) is 6.42 Å². The van der Waals surface area contributed by atoms with Crippen LogP contribution in [0.4, 0.5) is 5.69 Å². The second kappa shape index (κ2) is 7.03. The third-order valence-electron chi connectivity index (χ3n) is 2.76. The number of anilines is 1. The number of sulfonamides is 1. The van der Waals surface area contributed by atoms with Crippen molar-refractivity contribution in [1.82, 2.24) is 5.32 Å². The maximum Gasteiger partial charge on any atom is 0.238 e. The summed E-state index contributed by atoms with van der Waals surface area (Å²) in [5.41, 5.74) is 0.217. The van der Waals surface area contributed by atoms with E-state index in [0.29, 0.717) is 0 Å². The summed E-state index contributed by atoms with van der Waals surface area (Å²) in [7, 11) is -3.83. The Labute approximate surface area is 123 Å². The standard InChI is InChI=1S/C12H18ClN3O3S/c1-3-8(2)15-7-12(17)16-11-6-9(20(14,18)19)4-5-10(11)13/h4-6,8,15H,3,7H2,1-2H3,(H,16,17)(H2,14,18,19). The Kier molecular flexibility index (Phi) is 5.94. The van der Waals surface area contributed by atoms with Crippen molar-refractivity contribution < 1.29 is 13.2 Å². The zero-order chi connectivity index (χ0) is 15.3. The van der Waals surface area contributed by atoms with Gasteiger partial charge in [0.25, 0.3) is 0 Å². The van der Waals surface area contributed by atoms with Gasteiger partial charge in [-0.25, -0.2) is 13.6 Å². The molecule has 0 aliphatic carbocycles. The summed E-state index contributed by atoms with van der Waals surface area (Å²) in [5, 5.41) is 10.8. The van der Waals surface area contributed by atoms with Gasteiger partial charge in [0.2, 0.25) is 15.9 Å². The van der Waals surface area contributed by atoms with Gasteiger partial charge in [0.15, 0.2) is 0 Å². The molecule has 20 heavy (non-hydrogen) atoms. The molecule has 1 unspecified atom stereocenters. The molecule has 0 radical (unpaired) electrons. The van der Waals surface area contributed by atoms with Crippen LogP contribution in [0.1, 0.15) is 20.3 Å². The molecule has 0 saturated carbocycles. The fraction of sp³-hybridized carbons (Fsp3) is 0.417. The number of carbonyl (C=O) groups excluding carboxylic acids is 1. The van der Waals surface area contributed by atoms with Gasteiger partial charge in [-0.1, -0.05) is 18.5 Å². The molecule has 0 heterocycles. The largest absolute Gasteiger partial charge is 0.324 e. The van der Waals surface area contributed by atoms with Crippen LogP contribution in [0.2, 0.25) is 5.02 Å². The Hall–Kier alpha value is -1.15. The fourth-order valence-corrected chi connectivity index (χ4v) is 2.09. The lowest BCUT2D eigenvalue weighted by Gasteiger charge is -2.12. The van der Waals surface area contributed by atoms with Crippen LogP contribution in [0.25, 0.3) is 0 Å². The lowest BCUT2D eigenvalue weighted by Crippen LogP contribution is -2.34. The van der Waals surface area contributed by atoms with Gasteiger partial charge in [0, 0.05) is 6.04 Å². The van der Waals surface area contributed by atoms with Crippen molar-refractivity contribution in [3.8, 4) is 0 Å². The number of rotatable bonds is 6. The molecule has 0 fully saturated rings. The van der Waals surface area contributed by atoms with Crippen molar-refractivity contribution in [3.63, 3.8) is 0 Å². The summed E-state index contributed by atoms with van der Waals surface area (Å²) in [6, 6.07) is 4.11. The summed E-state index contributed by atoms with van der Waals surface area (Å²) in [5.74, 6) is -0.307. The fourth-order valence-electron chi connectivity index (χ4n) is 1.38. The van der Waals surface area contributed by atoms with E-state index in [9.17, 15) is 13.2 Å². The Bertz CT molecular complexity index is 590. The number of hydrogen-bond acceptors (Lipinski definition) is 4. The van der Waals surface area contributed by atoms with Gasteiger partial charge < -0.3 is 10.6 Å². The number of hydrogen-bond donors (Lipinski definition) is 3. The maximum absolute atomic E-state index is 11.7. The molecule has 1 atom stereocenters. The third kappa shape index (κ3) is 5.09. The van der Waals surface area contributed by atoms with Crippen molar-refractivity contribution in [1.29, 1.82) is 0 Å². The Morgan fingerprint density at radius 1 is 1.45 bits per heavy atom. The molecular weight excluding hydrogens is 302 g/mol. The van der Waals surface area contributed by atoms with E-state index in [2.05, 4.69) is 10.6 Å². The van der Waals surface area contributed by atoms with Gasteiger partial charge in [-0.15, -0.1) is 0 Å². The summed E-state index contributed by atoms with van der Waals surface area (Å²) < 4.78 is 22.5. The molecule has 112 valence electrons. The SMILES string of the molecule is CCC(C)NCC(=O)Nc1cc(S(N)(=O)=O)ccc1Cl. The van der Waals surface area contributed by atoms with Crippen LogP contribution >= 0.6 is 11.6 Å². The molecule has 0 saturated heterocycles. The summed E-state index contributed by atoms with van der Waals surface area (Å²) in [6.45, 7) is 4.08. The van der Waals surface area contributed by atoms with E-state index in [1.165, 1.54) is 18.2 Å². The van der Waals surface area contributed by atoms with Crippen LogP contribution in [-0.2, 0) is 14.8 Å². The van der Waals surface area contributed by atoms with Crippen molar-refractivity contribution in [2.45, 2.75) is 31.2 Å². The second-order valence-electron chi connectivity index (χ2n) is 4.43. The number of carbonyl (C=O) groups is 1. The van der Waals surface area contributed by atoms with E-state index in [1.54, 1.807) is 0 Å². The quantitative estimate of drug-likeness (QED) is 0.736. The number of benzene rings is 1. The van der Waals surface area contributed by atoms with Gasteiger partial charge in [0.05, 0.1) is 22.2 Å². The first kappa shape index (κ1) is 16.9. The van der Waals surface area contributed by atoms with Crippen molar-refractivity contribution in [3.05, 3.63) is 23.2 Å². The molecule has 4 N–H and O–H groups in total. The Balaban J connectivity index is 2.79. The van der Waals surface area contributed by atoms with Gasteiger partial charge in [-0.3, -0.25) is 4.79 Å². The smallest absolute Gasteiger partial charge is 0.238 e. The average molecular weight is 320 g/mol. The molecule has 0 aliphatic rings. The minimum Gasteiger partial charge on any atom is -0.324 e. The highest BCUT2D eigenvalue weighted by Gasteiger charge is 2.12.